The smallest absolute Gasteiger partial charge is 0.408 e. The molecule has 0 aromatic carbocycles. The Bertz CT molecular complexity index is 548. The molecular formula is C17H29NO5Si. The molecule has 7 heteroatoms. The number of rotatable bonds is 5. The number of nitrogens with one attached hydrogen (secondary N) is 1. The Kier molecular flexibility index (Phi) is 7.70. The SMILES string of the molecule is COC(=O)[C@](C)(CCC(=O)C#C[Si](C)(C)C)NC(=O)OC(C)(C)C. The lowest BCUT2D eigenvalue weighted by Gasteiger charge is -2.29. The zero-order valence-electron chi connectivity index (χ0n) is 16.0. The first-order chi connectivity index (χ1) is 10.7. The third-order valence-corrected chi connectivity index (χ3v) is 3.72. The number of alkyl carbamates (subject to hydrolysis) is 1. The summed E-state index contributed by atoms with van der Waals surface area (Å²) in [6, 6.07) is 0. The average Bonchev–Trinajstić information content (AvgIpc) is 2.38. The van der Waals surface area contributed by atoms with Crippen LogP contribution < -0.4 is 5.32 Å². The van der Waals surface area contributed by atoms with Crippen LogP contribution in [0.1, 0.15) is 40.5 Å². The van der Waals surface area contributed by atoms with E-state index in [0.29, 0.717) is 0 Å². The molecular weight excluding hydrogens is 326 g/mol. The van der Waals surface area contributed by atoms with Gasteiger partial charge in [-0.3, -0.25) is 4.79 Å². The molecule has 1 atom stereocenters. The first-order valence-corrected chi connectivity index (χ1v) is 11.3. The van der Waals surface area contributed by atoms with Crippen molar-refractivity contribution < 1.29 is 23.9 Å². The molecule has 0 aliphatic rings. The summed E-state index contributed by atoms with van der Waals surface area (Å²) in [6.07, 6.45) is -0.618. The monoisotopic (exact) mass is 355 g/mol. The number of methoxy groups -OCH3 is 1. The van der Waals surface area contributed by atoms with Gasteiger partial charge in [0.25, 0.3) is 0 Å². The average molecular weight is 356 g/mol. The summed E-state index contributed by atoms with van der Waals surface area (Å²) >= 11 is 0. The van der Waals surface area contributed by atoms with Gasteiger partial charge in [0.2, 0.25) is 5.78 Å². The number of esters is 1. The van der Waals surface area contributed by atoms with Gasteiger partial charge < -0.3 is 14.8 Å². The molecule has 0 aliphatic heterocycles. The third kappa shape index (κ3) is 9.35. The molecule has 1 amide bonds. The number of ether oxygens (including phenoxy) is 2. The molecule has 0 bridgehead atoms. The van der Waals surface area contributed by atoms with E-state index < -0.39 is 31.3 Å². The highest BCUT2D eigenvalue weighted by Crippen LogP contribution is 2.17. The Labute approximate surface area is 145 Å². The number of ketones is 1. The van der Waals surface area contributed by atoms with Crippen LogP contribution in [0.4, 0.5) is 4.79 Å². The van der Waals surface area contributed by atoms with E-state index in [2.05, 4.69) is 16.8 Å². The number of amides is 1. The summed E-state index contributed by atoms with van der Waals surface area (Å²) in [7, 11) is -0.414. The lowest BCUT2D eigenvalue weighted by molar-refractivity contribution is -0.148. The van der Waals surface area contributed by atoms with Gasteiger partial charge in [0.1, 0.15) is 19.2 Å². The summed E-state index contributed by atoms with van der Waals surface area (Å²) < 4.78 is 9.91. The fourth-order valence-electron chi connectivity index (χ4n) is 1.65. The maximum absolute atomic E-state index is 12.0. The van der Waals surface area contributed by atoms with E-state index >= 15 is 0 Å². The van der Waals surface area contributed by atoms with Crippen LogP contribution in [0, 0.1) is 11.5 Å². The molecule has 6 nitrogen and oxygen atoms in total. The quantitative estimate of drug-likeness (QED) is 0.466. The third-order valence-electron chi connectivity index (χ3n) is 2.84. The molecule has 24 heavy (non-hydrogen) atoms. The van der Waals surface area contributed by atoms with Crippen LogP contribution >= 0.6 is 0 Å². The van der Waals surface area contributed by atoms with E-state index in [4.69, 9.17) is 9.47 Å². The van der Waals surface area contributed by atoms with Crippen LogP contribution in [-0.2, 0) is 19.1 Å². The minimum absolute atomic E-state index is 0.0406. The van der Waals surface area contributed by atoms with Gasteiger partial charge in [0, 0.05) is 6.42 Å². The molecule has 0 fully saturated rings. The second-order valence-electron chi connectivity index (χ2n) is 7.87. The molecule has 0 aromatic heterocycles. The van der Waals surface area contributed by atoms with Crippen molar-refractivity contribution in [3.05, 3.63) is 0 Å². The Balaban J connectivity index is 5.00. The van der Waals surface area contributed by atoms with E-state index in [1.54, 1.807) is 20.8 Å². The Morgan fingerprint density at radius 3 is 2.04 bits per heavy atom. The second kappa shape index (κ2) is 8.33. The molecule has 0 radical (unpaired) electrons. The van der Waals surface area contributed by atoms with Crippen molar-refractivity contribution in [2.24, 2.45) is 0 Å². The van der Waals surface area contributed by atoms with E-state index in [9.17, 15) is 14.4 Å². The first-order valence-electron chi connectivity index (χ1n) is 7.84. The minimum Gasteiger partial charge on any atom is -0.467 e. The van der Waals surface area contributed by atoms with Gasteiger partial charge in [0.05, 0.1) is 7.11 Å². The number of hydrogen-bond donors (Lipinski definition) is 1. The Morgan fingerprint density at radius 2 is 1.62 bits per heavy atom. The molecule has 136 valence electrons. The predicted octanol–water partition coefficient (Wildman–Crippen LogP) is 2.67. The van der Waals surface area contributed by atoms with Crippen molar-refractivity contribution in [2.45, 2.75) is 71.3 Å². The Hall–Kier alpha value is -1.81. The van der Waals surface area contributed by atoms with Gasteiger partial charge in [-0.2, -0.15) is 0 Å². The topological polar surface area (TPSA) is 81.7 Å². The van der Waals surface area contributed by atoms with Crippen LogP contribution in [-0.4, -0.2) is 44.2 Å². The van der Waals surface area contributed by atoms with Gasteiger partial charge in [-0.25, -0.2) is 9.59 Å². The predicted molar refractivity (Wildman–Crippen MR) is 95.2 cm³/mol. The van der Waals surface area contributed by atoms with Crippen molar-refractivity contribution in [3.8, 4) is 11.5 Å². The van der Waals surface area contributed by atoms with Gasteiger partial charge in [-0.1, -0.05) is 19.6 Å². The summed E-state index contributed by atoms with van der Waals surface area (Å²) in [5.41, 5.74) is 0.936. The summed E-state index contributed by atoms with van der Waals surface area (Å²) in [5, 5.41) is 2.50. The maximum Gasteiger partial charge on any atom is 0.408 e. The van der Waals surface area contributed by atoms with Crippen LogP contribution in [0.15, 0.2) is 0 Å². The number of Topliss-reactive ketones (excluding diaryl/α,β-unsaturated/α-hetero) is 1. The number of hydrogen-bond acceptors (Lipinski definition) is 5. The fraction of sp³-hybridized carbons (Fsp3) is 0.706. The van der Waals surface area contributed by atoms with Crippen LogP contribution in [0.2, 0.25) is 19.6 Å². The standard InChI is InChI=1S/C17H29NO5Si/c1-16(2,3)23-15(21)18-17(4,14(20)22-5)11-9-13(19)10-12-24(6,7)8/h9,11H2,1-8H3,(H,18,21)/t17-/m0/s1. The highest BCUT2D eigenvalue weighted by molar-refractivity contribution is 6.84. The van der Waals surface area contributed by atoms with Gasteiger partial charge >= 0.3 is 12.1 Å². The zero-order valence-corrected chi connectivity index (χ0v) is 17.0. The van der Waals surface area contributed by atoms with Crippen molar-refractivity contribution in [1.29, 1.82) is 0 Å². The molecule has 0 saturated carbocycles. The number of carbonyl (C=O) groups excluding carboxylic acids is 3. The largest absolute Gasteiger partial charge is 0.467 e. The normalized spacial score (nSPS) is 13.8. The lowest BCUT2D eigenvalue weighted by Crippen LogP contribution is -2.54. The van der Waals surface area contributed by atoms with Crippen molar-refractivity contribution in [2.75, 3.05) is 7.11 Å². The van der Waals surface area contributed by atoms with E-state index in [1.807, 2.05) is 19.6 Å². The summed E-state index contributed by atoms with van der Waals surface area (Å²) in [6.45, 7) is 12.8. The summed E-state index contributed by atoms with van der Waals surface area (Å²) in [5.74, 6) is 1.72. The molecule has 0 saturated heterocycles. The second-order valence-corrected chi connectivity index (χ2v) is 12.6. The van der Waals surface area contributed by atoms with E-state index in [1.165, 1.54) is 14.0 Å². The lowest BCUT2D eigenvalue weighted by atomic mass is 9.94. The van der Waals surface area contributed by atoms with Crippen LogP contribution in [0.5, 0.6) is 0 Å². The van der Waals surface area contributed by atoms with E-state index in [-0.39, 0.29) is 18.6 Å². The fourth-order valence-corrected chi connectivity index (χ4v) is 2.17. The number of carbonyl (C=O) groups is 3. The molecule has 0 spiro atoms. The van der Waals surface area contributed by atoms with E-state index in [0.717, 1.165) is 0 Å². The van der Waals surface area contributed by atoms with Crippen LogP contribution in [0.3, 0.4) is 0 Å². The molecule has 1 N–H and O–H groups in total. The van der Waals surface area contributed by atoms with Gasteiger partial charge in [0.15, 0.2) is 0 Å². The van der Waals surface area contributed by atoms with Crippen molar-refractivity contribution in [1.82, 2.24) is 5.32 Å². The van der Waals surface area contributed by atoms with Crippen LogP contribution in [0.25, 0.3) is 0 Å². The highest BCUT2D eigenvalue weighted by Gasteiger charge is 2.37. The van der Waals surface area contributed by atoms with Crippen molar-refractivity contribution in [3.63, 3.8) is 0 Å². The molecule has 0 unspecified atom stereocenters. The van der Waals surface area contributed by atoms with Gasteiger partial charge in [-0.15, -0.1) is 5.54 Å². The zero-order chi connectivity index (χ0) is 19.2. The minimum atomic E-state index is -1.64. The Morgan fingerprint density at radius 1 is 1.08 bits per heavy atom. The summed E-state index contributed by atoms with van der Waals surface area (Å²) in [4.78, 5) is 35.9. The molecule has 0 aromatic rings. The van der Waals surface area contributed by atoms with Crippen molar-refractivity contribution >= 4 is 25.9 Å². The molecule has 0 aliphatic carbocycles. The first kappa shape index (κ1) is 22.2. The highest BCUT2D eigenvalue weighted by atomic mass is 28.3. The molecule has 0 heterocycles. The maximum atomic E-state index is 12.0. The van der Waals surface area contributed by atoms with Gasteiger partial charge in [-0.05, 0) is 40.0 Å². The molecule has 0 rings (SSSR count).